The van der Waals surface area contributed by atoms with Gasteiger partial charge in [-0.3, -0.25) is 0 Å². The predicted octanol–water partition coefficient (Wildman–Crippen LogP) is 0.686. The molecule has 1 radical (unpaired) electrons. The van der Waals surface area contributed by atoms with E-state index in [0.29, 0.717) is 0 Å². The third kappa shape index (κ3) is 1.41. The van der Waals surface area contributed by atoms with Crippen LogP contribution in [0.4, 0.5) is 13.2 Å². The molecule has 0 atom stereocenters. The lowest BCUT2D eigenvalue weighted by Gasteiger charge is -2.04. The standard InChI is InChI=1S/C5H6F3N2/c1-10-3-4(2-9-10)5(6,7)8/h9H,2H2,1H3. The van der Waals surface area contributed by atoms with Crippen LogP contribution in [-0.2, 0) is 0 Å². The van der Waals surface area contributed by atoms with Crippen molar-refractivity contribution in [3.05, 3.63) is 11.8 Å². The summed E-state index contributed by atoms with van der Waals surface area (Å²) in [5, 5.41) is 1.17. The molecular weight excluding hydrogens is 145 g/mol. The molecule has 1 aliphatic heterocycles. The molecule has 0 amide bonds. The highest BCUT2D eigenvalue weighted by Gasteiger charge is 2.36. The van der Waals surface area contributed by atoms with Crippen LogP contribution < -0.4 is 5.43 Å². The molecule has 2 nitrogen and oxygen atoms in total. The van der Waals surface area contributed by atoms with E-state index < -0.39 is 11.7 Å². The number of nitrogens with zero attached hydrogens (tertiary/aromatic N) is 1. The van der Waals surface area contributed by atoms with Crippen LogP contribution in [0, 0.1) is 6.20 Å². The summed E-state index contributed by atoms with van der Waals surface area (Å²) >= 11 is 0. The minimum absolute atomic E-state index is 0.181. The smallest absolute Gasteiger partial charge is 0.309 e. The maximum absolute atomic E-state index is 11.8. The van der Waals surface area contributed by atoms with Gasteiger partial charge >= 0.3 is 6.18 Å². The Morgan fingerprint density at radius 1 is 1.60 bits per heavy atom. The number of alkyl halides is 3. The summed E-state index contributed by atoms with van der Waals surface area (Å²) in [5.41, 5.74) is 1.78. The molecule has 0 aliphatic carbocycles. The summed E-state index contributed by atoms with van der Waals surface area (Å²) in [6.45, 7) is -0.181. The first-order valence-electron chi connectivity index (χ1n) is 2.67. The van der Waals surface area contributed by atoms with Gasteiger partial charge in [0.1, 0.15) is 0 Å². The Morgan fingerprint density at radius 3 is 2.40 bits per heavy atom. The van der Waals surface area contributed by atoms with Crippen molar-refractivity contribution >= 4 is 0 Å². The lowest BCUT2D eigenvalue weighted by atomic mass is 10.3. The molecule has 1 aliphatic rings. The van der Waals surface area contributed by atoms with E-state index in [-0.39, 0.29) is 6.54 Å². The normalized spacial score (nSPS) is 19.6. The molecule has 57 valence electrons. The lowest BCUT2D eigenvalue weighted by molar-refractivity contribution is -0.0922. The summed E-state index contributed by atoms with van der Waals surface area (Å²) in [7, 11) is 1.47. The molecule has 0 aromatic heterocycles. The maximum Gasteiger partial charge on any atom is 0.416 e. The minimum Gasteiger partial charge on any atom is -0.309 e. The maximum atomic E-state index is 11.8. The fourth-order valence-corrected chi connectivity index (χ4v) is 0.643. The first-order valence-corrected chi connectivity index (χ1v) is 2.67. The van der Waals surface area contributed by atoms with E-state index in [2.05, 4.69) is 11.6 Å². The van der Waals surface area contributed by atoms with Gasteiger partial charge in [-0.15, -0.1) is 0 Å². The highest BCUT2D eigenvalue weighted by molar-refractivity contribution is 5.09. The molecular formula is C5H6F3N2. The van der Waals surface area contributed by atoms with Crippen molar-refractivity contribution < 1.29 is 13.2 Å². The number of hydrogen-bond acceptors (Lipinski definition) is 2. The molecule has 0 unspecified atom stereocenters. The highest BCUT2D eigenvalue weighted by Crippen LogP contribution is 2.26. The van der Waals surface area contributed by atoms with Crippen LogP contribution in [0.25, 0.3) is 0 Å². The van der Waals surface area contributed by atoms with Gasteiger partial charge in [0.15, 0.2) is 0 Å². The number of hydrogen-bond donors (Lipinski definition) is 1. The lowest BCUT2D eigenvalue weighted by Crippen LogP contribution is -2.25. The fourth-order valence-electron chi connectivity index (χ4n) is 0.643. The first-order chi connectivity index (χ1) is 4.50. The molecule has 1 N–H and O–H groups in total. The van der Waals surface area contributed by atoms with Crippen molar-refractivity contribution in [2.75, 3.05) is 13.6 Å². The molecule has 0 saturated heterocycles. The van der Waals surface area contributed by atoms with Gasteiger partial charge in [0, 0.05) is 13.6 Å². The van der Waals surface area contributed by atoms with E-state index in [1.54, 1.807) is 0 Å². The topological polar surface area (TPSA) is 15.3 Å². The molecule has 0 spiro atoms. The Hall–Kier alpha value is -0.710. The number of rotatable bonds is 0. The van der Waals surface area contributed by atoms with Gasteiger partial charge in [-0.2, -0.15) is 13.2 Å². The molecule has 5 heteroatoms. The van der Waals surface area contributed by atoms with Crippen LogP contribution in [0.5, 0.6) is 0 Å². The largest absolute Gasteiger partial charge is 0.416 e. The first kappa shape index (κ1) is 7.40. The Labute approximate surface area is 56.3 Å². The van der Waals surface area contributed by atoms with Crippen LogP contribution in [0.1, 0.15) is 0 Å². The fraction of sp³-hybridized carbons (Fsp3) is 0.600. The molecule has 0 bridgehead atoms. The zero-order chi connectivity index (χ0) is 7.78. The van der Waals surface area contributed by atoms with Crippen molar-refractivity contribution in [3.8, 4) is 0 Å². The van der Waals surface area contributed by atoms with Crippen LogP contribution in [0.3, 0.4) is 0 Å². The predicted molar refractivity (Wildman–Crippen MR) is 28.6 cm³/mol. The van der Waals surface area contributed by atoms with Gasteiger partial charge in [-0.1, -0.05) is 0 Å². The van der Waals surface area contributed by atoms with Crippen LogP contribution >= 0.6 is 0 Å². The second kappa shape index (κ2) is 2.16. The molecule has 0 fully saturated rings. The summed E-state index contributed by atoms with van der Waals surface area (Å²) in [4.78, 5) is 0. The Kier molecular flexibility index (Phi) is 1.60. The van der Waals surface area contributed by atoms with Gasteiger partial charge < -0.3 is 5.01 Å². The van der Waals surface area contributed by atoms with Crippen molar-refractivity contribution in [2.45, 2.75) is 6.18 Å². The second-order valence-electron chi connectivity index (χ2n) is 1.98. The summed E-state index contributed by atoms with van der Waals surface area (Å²) < 4.78 is 35.3. The molecule has 0 aromatic carbocycles. The van der Waals surface area contributed by atoms with Crippen molar-refractivity contribution in [1.29, 1.82) is 0 Å². The van der Waals surface area contributed by atoms with Gasteiger partial charge in [0.05, 0.1) is 11.8 Å². The Balaban J connectivity index is 2.67. The summed E-state index contributed by atoms with van der Waals surface area (Å²) in [5.74, 6) is 0. The molecule has 1 heterocycles. The summed E-state index contributed by atoms with van der Waals surface area (Å²) in [6.07, 6.45) is -2.13. The van der Waals surface area contributed by atoms with E-state index in [0.717, 1.165) is 0 Å². The number of hydrazine groups is 1. The zero-order valence-electron chi connectivity index (χ0n) is 5.29. The Bertz CT molecular complexity index is 161. The van der Waals surface area contributed by atoms with Crippen LogP contribution in [-0.4, -0.2) is 24.8 Å². The van der Waals surface area contributed by atoms with Crippen LogP contribution in [0.2, 0.25) is 0 Å². The second-order valence-corrected chi connectivity index (χ2v) is 1.98. The van der Waals surface area contributed by atoms with Crippen molar-refractivity contribution in [1.82, 2.24) is 10.4 Å². The Morgan fingerprint density at radius 2 is 2.20 bits per heavy atom. The van der Waals surface area contributed by atoms with Crippen molar-refractivity contribution in [2.24, 2.45) is 0 Å². The van der Waals surface area contributed by atoms with E-state index in [1.165, 1.54) is 12.1 Å². The third-order valence-electron chi connectivity index (χ3n) is 1.14. The monoisotopic (exact) mass is 151 g/mol. The third-order valence-corrected chi connectivity index (χ3v) is 1.14. The van der Waals surface area contributed by atoms with E-state index in [1.807, 2.05) is 0 Å². The average molecular weight is 151 g/mol. The quantitative estimate of drug-likeness (QED) is 0.547. The van der Waals surface area contributed by atoms with Crippen LogP contribution in [0.15, 0.2) is 5.57 Å². The minimum atomic E-state index is -4.24. The molecule has 0 aromatic rings. The summed E-state index contributed by atoms with van der Waals surface area (Å²) in [6, 6.07) is 0. The van der Waals surface area contributed by atoms with Gasteiger partial charge in [-0.25, -0.2) is 5.43 Å². The van der Waals surface area contributed by atoms with E-state index >= 15 is 0 Å². The number of halogens is 3. The van der Waals surface area contributed by atoms with Crippen molar-refractivity contribution in [3.63, 3.8) is 0 Å². The molecule has 1 rings (SSSR count). The van der Waals surface area contributed by atoms with Gasteiger partial charge in [0.2, 0.25) is 0 Å². The SMILES string of the molecule is CN1[C]=C(C(F)(F)F)CN1. The van der Waals surface area contributed by atoms with Gasteiger partial charge in [0.25, 0.3) is 0 Å². The zero-order valence-corrected chi connectivity index (χ0v) is 5.29. The van der Waals surface area contributed by atoms with E-state index in [9.17, 15) is 13.2 Å². The van der Waals surface area contributed by atoms with Gasteiger partial charge in [-0.05, 0) is 0 Å². The molecule has 10 heavy (non-hydrogen) atoms. The molecule has 0 saturated carbocycles. The highest BCUT2D eigenvalue weighted by atomic mass is 19.4. The van der Waals surface area contributed by atoms with E-state index in [4.69, 9.17) is 0 Å². The average Bonchev–Trinajstić information content (AvgIpc) is 2.11. The number of nitrogens with one attached hydrogen (secondary N) is 1.